The van der Waals surface area contributed by atoms with Crippen LogP contribution in [-0.4, -0.2) is 80.2 Å². The number of halogens is 1. The Morgan fingerprint density at radius 2 is 1.97 bits per heavy atom. The molecule has 12 heteroatoms. The van der Waals surface area contributed by atoms with E-state index < -0.39 is 22.2 Å². The Kier molecular flexibility index (Phi) is 5.39. The highest BCUT2D eigenvalue weighted by Gasteiger charge is 2.42. The van der Waals surface area contributed by atoms with Crippen molar-refractivity contribution < 1.29 is 17.6 Å². The average Bonchev–Trinajstić information content (AvgIpc) is 3.44. The number of alkyl halides is 1. The van der Waals surface area contributed by atoms with E-state index in [1.54, 1.807) is 25.8 Å². The Balaban J connectivity index is 1.56. The summed E-state index contributed by atoms with van der Waals surface area (Å²) < 4.78 is 45.1. The van der Waals surface area contributed by atoms with Crippen LogP contribution in [0.5, 0.6) is 0 Å². The molecule has 2 aromatic rings. The topological polar surface area (TPSA) is 106 Å². The largest absolute Gasteiger partial charge is 0.337 e. The van der Waals surface area contributed by atoms with Crippen molar-refractivity contribution >= 4 is 15.9 Å². The number of hydrogen-bond donors (Lipinski definition) is 0. The molecule has 0 N–H and O–H groups in total. The van der Waals surface area contributed by atoms with Crippen molar-refractivity contribution in [2.45, 2.75) is 56.8 Å². The average molecular weight is 440 g/mol. The van der Waals surface area contributed by atoms with Crippen molar-refractivity contribution in [2.75, 3.05) is 19.6 Å². The molecule has 0 aliphatic carbocycles. The third-order valence-corrected chi connectivity index (χ3v) is 8.04. The van der Waals surface area contributed by atoms with Crippen molar-refractivity contribution in [1.82, 2.24) is 34.0 Å². The zero-order chi connectivity index (χ0) is 21.6. The van der Waals surface area contributed by atoms with Gasteiger partial charge in [-0.2, -0.15) is 9.40 Å². The summed E-state index contributed by atoms with van der Waals surface area (Å²) in [5, 5.41) is 12.1. The second-order valence-electron chi connectivity index (χ2n) is 8.01. The fourth-order valence-corrected chi connectivity index (χ4v) is 6.38. The SMILES string of the molecule is Cc1nn(C)c(C)c1S(=O)(=O)N1CC(F)CC1Cn1cc(C(=O)N2CCCC2)nn1. The summed E-state index contributed by atoms with van der Waals surface area (Å²) in [6.07, 6.45) is 2.25. The minimum absolute atomic E-state index is 0.0624. The van der Waals surface area contributed by atoms with Crippen LogP contribution in [0.3, 0.4) is 0 Å². The van der Waals surface area contributed by atoms with Crippen LogP contribution in [0.4, 0.5) is 4.39 Å². The van der Waals surface area contributed by atoms with Gasteiger partial charge in [0.25, 0.3) is 5.91 Å². The van der Waals surface area contributed by atoms with Crippen molar-refractivity contribution in [1.29, 1.82) is 0 Å². The quantitative estimate of drug-likeness (QED) is 0.678. The molecular formula is C18H26FN7O3S. The van der Waals surface area contributed by atoms with Gasteiger partial charge in [-0.15, -0.1) is 5.10 Å². The lowest BCUT2D eigenvalue weighted by Crippen LogP contribution is -2.38. The number of likely N-dealkylation sites (tertiary alicyclic amines) is 1. The van der Waals surface area contributed by atoms with Crippen LogP contribution in [0.25, 0.3) is 0 Å². The Morgan fingerprint density at radius 3 is 2.60 bits per heavy atom. The Morgan fingerprint density at radius 1 is 1.27 bits per heavy atom. The summed E-state index contributed by atoms with van der Waals surface area (Å²) in [5.41, 5.74) is 1.11. The standard InChI is InChI=1S/C18H26FN7O3S/c1-12-17(13(2)23(3)21-12)30(28,29)26-9-14(19)8-15(26)10-25-11-16(20-22-25)18(27)24-6-4-5-7-24/h11,14-15H,4-10H2,1-3H3. The number of rotatable bonds is 5. The maximum Gasteiger partial charge on any atom is 0.276 e. The first-order chi connectivity index (χ1) is 14.2. The molecule has 164 valence electrons. The zero-order valence-electron chi connectivity index (χ0n) is 17.3. The molecule has 0 bridgehead atoms. The molecule has 0 radical (unpaired) electrons. The summed E-state index contributed by atoms with van der Waals surface area (Å²) in [6.45, 7) is 4.62. The molecule has 2 aliphatic heterocycles. The fraction of sp³-hybridized carbons (Fsp3) is 0.667. The van der Waals surface area contributed by atoms with Crippen LogP contribution >= 0.6 is 0 Å². The minimum Gasteiger partial charge on any atom is -0.337 e. The van der Waals surface area contributed by atoms with Crippen LogP contribution < -0.4 is 0 Å². The van der Waals surface area contributed by atoms with Crippen LogP contribution in [0.15, 0.2) is 11.1 Å². The van der Waals surface area contributed by atoms with Gasteiger partial charge in [0, 0.05) is 32.7 Å². The van der Waals surface area contributed by atoms with E-state index in [0.717, 1.165) is 12.8 Å². The van der Waals surface area contributed by atoms with Crippen molar-refractivity contribution in [3.8, 4) is 0 Å². The molecule has 2 saturated heterocycles. The highest BCUT2D eigenvalue weighted by Crippen LogP contribution is 2.31. The van der Waals surface area contributed by atoms with Gasteiger partial charge in [0.15, 0.2) is 5.69 Å². The Hall–Kier alpha value is -2.34. The van der Waals surface area contributed by atoms with Crippen LogP contribution in [0, 0.1) is 13.8 Å². The number of aromatic nitrogens is 5. The first-order valence-corrected chi connectivity index (χ1v) is 11.5. The van der Waals surface area contributed by atoms with Gasteiger partial charge in [-0.25, -0.2) is 12.8 Å². The monoisotopic (exact) mass is 439 g/mol. The van der Waals surface area contributed by atoms with Gasteiger partial charge in [0.05, 0.1) is 24.1 Å². The van der Waals surface area contributed by atoms with E-state index in [1.165, 1.54) is 19.9 Å². The lowest BCUT2D eigenvalue weighted by atomic mass is 10.2. The molecule has 2 aromatic heterocycles. The number of nitrogens with zero attached hydrogens (tertiary/aromatic N) is 7. The highest BCUT2D eigenvalue weighted by molar-refractivity contribution is 7.89. The minimum atomic E-state index is -3.93. The van der Waals surface area contributed by atoms with Crippen LogP contribution in [0.1, 0.15) is 41.1 Å². The molecule has 0 aromatic carbocycles. The molecule has 4 rings (SSSR count). The molecule has 2 atom stereocenters. The summed E-state index contributed by atoms with van der Waals surface area (Å²) in [7, 11) is -2.26. The molecule has 30 heavy (non-hydrogen) atoms. The van der Waals surface area contributed by atoms with E-state index in [4.69, 9.17) is 0 Å². The van der Waals surface area contributed by atoms with Crippen LogP contribution in [0.2, 0.25) is 0 Å². The third-order valence-electron chi connectivity index (χ3n) is 5.87. The molecule has 2 fully saturated rings. The van der Waals surface area contributed by atoms with E-state index in [1.807, 2.05) is 0 Å². The number of sulfonamides is 1. The number of aryl methyl sites for hydroxylation is 2. The van der Waals surface area contributed by atoms with E-state index >= 15 is 0 Å². The summed E-state index contributed by atoms with van der Waals surface area (Å²) in [6, 6.07) is -0.625. The molecular weight excluding hydrogens is 413 g/mol. The number of hydrogen-bond acceptors (Lipinski definition) is 6. The normalized spacial score (nSPS) is 22.9. The number of carbonyl (C=O) groups is 1. The molecule has 2 aliphatic rings. The van der Waals surface area contributed by atoms with Gasteiger partial charge in [0.2, 0.25) is 10.0 Å². The maximum atomic E-state index is 14.3. The summed E-state index contributed by atoms with van der Waals surface area (Å²) in [4.78, 5) is 14.3. The van der Waals surface area contributed by atoms with E-state index in [0.29, 0.717) is 24.5 Å². The Labute approximate surface area is 174 Å². The lowest BCUT2D eigenvalue weighted by molar-refractivity contribution is 0.0787. The lowest BCUT2D eigenvalue weighted by Gasteiger charge is -2.23. The molecule has 1 amide bonds. The molecule has 0 saturated carbocycles. The molecule has 4 heterocycles. The van der Waals surface area contributed by atoms with Gasteiger partial charge >= 0.3 is 0 Å². The number of carbonyl (C=O) groups excluding carboxylic acids is 1. The second kappa shape index (κ2) is 7.73. The van der Waals surface area contributed by atoms with Gasteiger partial charge < -0.3 is 4.90 Å². The molecule has 0 spiro atoms. The van der Waals surface area contributed by atoms with Crippen molar-refractivity contribution in [3.63, 3.8) is 0 Å². The second-order valence-corrected chi connectivity index (χ2v) is 9.84. The summed E-state index contributed by atoms with van der Waals surface area (Å²) in [5.74, 6) is -0.181. The fourth-order valence-electron chi connectivity index (χ4n) is 4.32. The van der Waals surface area contributed by atoms with Gasteiger partial charge in [-0.1, -0.05) is 5.21 Å². The Bertz CT molecular complexity index is 1060. The molecule has 10 nitrogen and oxygen atoms in total. The van der Waals surface area contributed by atoms with Crippen molar-refractivity contribution in [2.24, 2.45) is 7.05 Å². The van der Waals surface area contributed by atoms with E-state index in [-0.39, 0.29) is 36.0 Å². The van der Waals surface area contributed by atoms with E-state index in [2.05, 4.69) is 15.4 Å². The predicted octanol–water partition coefficient (Wildman–Crippen LogP) is 0.666. The third kappa shape index (κ3) is 3.62. The smallest absolute Gasteiger partial charge is 0.276 e. The zero-order valence-corrected chi connectivity index (χ0v) is 18.1. The maximum absolute atomic E-state index is 14.3. The predicted molar refractivity (Wildman–Crippen MR) is 105 cm³/mol. The first kappa shape index (κ1) is 20.9. The van der Waals surface area contributed by atoms with E-state index in [9.17, 15) is 17.6 Å². The van der Waals surface area contributed by atoms with Crippen molar-refractivity contribution in [3.05, 3.63) is 23.3 Å². The highest BCUT2D eigenvalue weighted by atomic mass is 32.2. The first-order valence-electron chi connectivity index (χ1n) is 10.0. The van der Waals surface area contributed by atoms with Gasteiger partial charge in [-0.05, 0) is 33.1 Å². The van der Waals surface area contributed by atoms with Gasteiger partial charge in [0.1, 0.15) is 11.1 Å². The number of amides is 1. The van der Waals surface area contributed by atoms with Crippen LogP contribution in [-0.2, 0) is 23.6 Å². The van der Waals surface area contributed by atoms with Gasteiger partial charge in [-0.3, -0.25) is 14.2 Å². The molecule has 2 unspecified atom stereocenters. The summed E-state index contributed by atoms with van der Waals surface area (Å²) >= 11 is 0.